The molecule has 0 heterocycles. The molecule has 1 N–H and O–H groups in total. The van der Waals surface area contributed by atoms with Crippen molar-refractivity contribution >= 4 is 40.9 Å². The van der Waals surface area contributed by atoms with Crippen LogP contribution in [0.25, 0.3) is 6.08 Å². The van der Waals surface area contributed by atoms with E-state index in [0.29, 0.717) is 21.3 Å². The van der Waals surface area contributed by atoms with Crippen molar-refractivity contribution in [2.45, 2.75) is 13.8 Å². The zero-order valence-corrected chi connectivity index (χ0v) is 14.2. The molecule has 0 saturated heterocycles. The van der Waals surface area contributed by atoms with Gasteiger partial charge in [0.2, 0.25) is 0 Å². The molecule has 0 radical (unpaired) electrons. The number of nitriles is 1. The number of anilines is 1. The van der Waals surface area contributed by atoms with Gasteiger partial charge in [-0.1, -0.05) is 41.4 Å². The molecule has 23 heavy (non-hydrogen) atoms. The summed E-state index contributed by atoms with van der Waals surface area (Å²) in [7, 11) is 0. The molecule has 0 saturated carbocycles. The summed E-state index contributed by atoms with van der Waals surface area (Å²) in [6.45, 7) is 3.82. The van der Waals surface area contributed by atoms with Crippen molar-refractivity contribution in [2.75, 3.05) is 5.32 Å². The van der Waals surface area contributed by atoms with Crippen LogP contribution in [0.2, 0.25) is 10.0 Å². The van der Waals surface area contributed by atoms with Crippen molar-refractivity contribution in [2.24, 2.45) is 0 Å². The highest BCUT2D eigenvalue weighted by Gasteiger charge is 2.12. The van der Waals surface area contributed by atoms with Gasteiger partial charge in [0.15, 0.2) is 0 Å². The molecular formula is C18H14Cl2N2O. The van der Waals surface area contributed by atoms with Gasteiger partial charge in [-0.2, -0.15) is 5.26 Å². The van der Waals surface area contributed by atoms with Crippen molar-refractivity contribution in [3.63, 3.8) is 0 Å². The van der Waals surface area contributed by atoms with Crippen LogP contribution in [0.15, 0.2) is 42.0 Å². The molecule has 0 aliphatic heterocycles. The monoisotopic (exact) mass is 344 g/mol. The summed E-state index contributed by atoms with van der Waals surface area (Å²) < 4.78 is 0. The highest BCUT2D eigenvalue weighted by atomic mass is 35.5. The normalized spacial score (nSPS) is 11.0. The fourth-order valence-corrected chi connectivity index (χ4v) is 2.45. The first-order chi connectivity index (χ1) is 10.9. The van der Waals surface area contributed by atoms with Crippen molar-refractivity contribution < 1.29 is 4.79 Å². The largest absolute Gasteiger partial charge is 0.321 e. The first kappa shape index (κ1) is 17.1. The Morgan fingerprint density at radius 2 is 1.91 bits per heavy atom. The SMILES string of the molecule is Cc1ccc(C)c(NC(=O)/C(C#N)=C\c2ccc(Cl)cc2Cl)c1. The molecule has 0 unspecified atom stereocenters. The molecule has 0 atom stereocenters. The van der Waals surface area contributed by atoms with Gasteiger partial charge in [-0.15, -0.1) is 0 Å². The third kappa shape index (κ3) is 4.35. The Morgan fingerprint density at radius 3 is 2.57 bits per heavy atom. The molecule has 5 heteroatoms. The summed E-state index contributed by atoms with van der Waals surface area (Å²) >= 11 is 11.9. The van der Waals surface area contributed by atoms with Crippen LogP contribution in [0.5, 0.6) is 0 Å². The third-order valence-electron chi connectivity index (χ3n) is 3.27. The number of nitrogens with zero attached hydrogens (tertiary/aromatic N) is 1. The Bertz CT molecular complexity index is 835. The predicted molar refractivity (Wildman–Crippen MR) is 94.6 cm³/mol. The number of benzene rings is 2. The van der Waals surface area contributed by atoms with Gasteiger partial charge in [0.05, 0.1) is 0 Å². The standard InChI is InChI=1S/C18H14Cl2N2O/c1-11-3-4-12(2)17(7-11)22-18(23)14(10-21)8-13-5-6-15(19)9-16(13)20/h3-9H,1-2H3,(H,22,23)/b14-8-. The molecule has 0 spiro atoms. The van der Waals surface area contributed by atoms with Crippen LogP contribution >= 0.6 is 23.2 Å². The van der Waals surface area contributed by atoms with Crippen LogP contribution < -0.4 is 5.32 Å². The lowest BCUT2D eigenvalue weighted by atomic mass is 10.1. The van der Waals surface area contributed by atoms with E-state index in [-0.39, 0.29) is 5.57 Å². The topological polar surface area (TPSA) is 52.9 Å². The van der Waals surface area contributed by atoms with Crippen LogP contribution in [0.4, 0.5) is 5.69 Å². The van der Waals surface area contributed by atoms with E-state index >= 15 is 0 Å². The van der Waals surface area contributed by atoms with Crippen molar-refractivity contribution in [1.29, 1.82) is 5.26 Å². The Morgan fingerprint density at radius 1 is 1.17 bits per heavy atom. The van der Waals surface area contributed by atoms with Crippen LogP contribution in [-0.4, -0.2) is 5.91 Å². The van der Waals surface area contributed by atoms with E-state index in [4.69, 9.17) is 23.2 Å². The van der Waals surface area contributed by atoms with Crippen LogP contribution in [0.1, 0.15) is 16.7 Å². The van der Waals surface area contributed by atoms with Gasteiger partial charge >= 0.3 is 0 Å². The number of aryl methyl sites for hydroxylation is 2. The van der Waals surface area contributed by atoms with E-state index in [2.05, 4.69) is 5.32 Å². The second-order valence-corrected chi connectivity index (χ2v) is 5.95. The number of hydrogen-bond acceptors (Lipinski definition) is 2. The Kier molecular flexibility index (Phi) is 5.44. The predicted octanol–water partition coefficient (Wildman–Crippen LogP) is 5.16. The van der Waals surface area contributed by atoms with Gasteiger partial charge in [-0.3, -0.25) is 4.79 Å². The average Bonchev–Trinajstić information content (AvgIpc) is 2.50. The van der Waals surface area contributed by atoms with E-state index in [9.17, 15) is 10.1 Å². The summed E-state index contributed by atoms with van der Waals surface area (Å²) in [5, 5.41) is 12.9. The van der Waals surface area contributed by atoms with Crippen molar-refractivity contribution in [3.8, 4) is 6.07 Å². The molecule has 1 amide bonds. The van der Waals surface area contributed by atoms with E-state index in [1.165, 1.54) is 6.08 Å². The number of halogens is 2. The van der Waals surface area contributed by atoms with Crippen molar-refractivity contribution in [3.05, 3.63) is 68.7 Å². The number of carbonyl (C=O) groups excluding carboxylic acids is 1. The first-order valence-electron chi connectivity index (χ1n) is 6.86. The van der Waals surface area contributed by atoms with E-state index < -0.39 is 5.91 Å². The van der Waals surface area contributed by atoms with Gasteiger partial charge in [-0.25, -0.2) is 0 Å². The molecule has 0 aliphatic rings. The highest BCUT2D eigenvalue weighted by Crippen LogP contribution is 2.24. The Labute approximate surface area is 145 Å². The fraction of sp³-hybridized carbons (Fsp3) is 0.111. The van der Waals surface area contributed by atoms with Gasteiger partial charge < -0.3 is 5.32 Å². The smallest absolute Gasteiger partial charge is 0.266 e. The minimum absolute atomic E-state index is 0.0323. The maximum absolute atomic E-state index is 12.3. The van der Waals surface area contributed by atoms with Gasteiger partial charge in [0.25, 0.3) is 5.91 Å². The lowest BCUT2D eigenvalue weighted by molar-refractivity contribution is -0.112. The summed E-state index contributed by atoms with van der Waals surface area (Å²) in [4.78, 5) is 12.3. The second-order valence-electron chi connectivity index (χ2n) is 5.11. The molecule has 0 fully saturated rings. The maximum Gasteiger partial charge on any atom is 0.266 e. The molecule has 0 bridgehead atoms. The molecule has 2 aromatic rings. The lowest BCUT2D eigenvalue weighted by Crippen LogP contribution is -2.14. The van der Waals surface area contributed by atoms with Crippen molar-refractivity contribution in [1.82, 2.24) is 0 Å². The average molecular weight is 345 g/mol. The zero-order chi connectivity index (χ0) is 17.0. The molecule has 3 nitrogen and oxygen atoms in total. The number of carbonyl (C=O) groups is 1. The Balaban J connectivity index is 2.30. The number of rotatable bonds is 3. The Hall–Kier alpha value is -2.28. The third-order valence-corrected chi connectivity index (χ3v) is 3.83. The van der Waals surface area contributed by atoms with E-state index in [1.54, 1.807) is 18.2 Å². The summed E-state index contributed by atoms with van der Waals surface area (Å²) in [5.41, 5.74) is 3.15. The molecular weight excluding hydrogens is 331 g/mol. The second kappa shape index (κ2) is 7.32. The fourth-order valence-electron chi connectivity index (χ4n) is 1.98. The molecule has 2 rings (SSSR count). The van der Waals surface area contributed by atoms with Crippen LogP contribution in [0.3, 0.4) is 0 Å². The minimum atomic E-state index is -0.479. The van der Waals surface area contributed by atoms with Gasteiger partial charge in [-0.05, 0) is 54.8 Å². The van der Waals surface area contributed by atoms with Crippen LogP contribution in [0, 0.1) is 25.2 Å². The number of nitrogens with one attached hydrogen (secondary N) is 1. The van der Waals surface area contributed by atoms with Gasteiger partial charge in [0.1, 0.15) is 11.6 Å². The number of amides is 1. The zero-order valence-electron chi connectivity index (χ0n) is 12.7. The van der Waals surface area contributed by atoms with Gasteiger partial charge in [0, 0.05) is 15.7 Å². The van der Waals surface area contributed by atoms with Crippen LogP contribution in [-0.2, 0) is 4.79 Å². The molecule has 0 aromatic heterocycles. The molecule has 0 aliphatic carbocycles. The number of hydrogen-bond donors (Lipinski definition) is 1. The summed E-state index contributed by atoms with van der Waals surface area (Å²) in [6.07, 6.45) is 1.44. The maximum atomic E-state index is 12.3. The molecule has 2 aromatic carbocycles. The van der Waals surface area contributed by atoms with E-state index in [1.807, 2.05) is 38.1 Å². The minimum Gasteiger partial charge on any atom is -0.321 e. The summed E-state index contributed by atoms with van der Waals surface area (Å²) in [6, 6.07) is 12.5. The summed E-state index contributed by atoms with van der Waals surface area (Å²) in [5.74, 6) is -0.479. The quantitative estimate of drug-likeness (QED) is 0.617. The van der Waals surface area contributed by atoms with E-state index in [0.717, 1.165) is 11.1 Å². The first-order valence-corrected chi connectivity index (χ1v) is 7.62. The molecule has 116 valence electrons. The lowest BCUT2D eigenvalue weighted by Gasteiger charge is -2.09. The highest BCUT2D eigenvalue weighted by molar-refractivity contribution is 6.35.